The summed E-state index contributed by atoms with van der Waals surface area (Å²) in [5, 5.41) is 14.6. The minimum Gasteiger partial charge on any atom is -0.480 e. The molecule has 5 nitrogen and oxygen atoms in total. The van der Waals surface area contributed by atoms with Crippen LogP contribution in [-0.2, 0) is 9.59 Å². The number of nitrogens with one attached hydrogen (secondary N) is 2. The summed E-state index contributed by atoms with van der Waals surface area (Å²) >= 11 is 0. The molecule has 116 valence electrons. The molecule has 3 N–H and O–H groups in total. The van der Waals surface area contributed by atoms with Gasteiger partial charge in [-0.05, 0) is 37.5 Å². The zero-order valence-electron chi connectivity index (χ0n) is 12.5. The van der Waals surface area contributed by atoms with Crippen LogP contribution in [0.3, 0.4) is 0 Å². The molecule has 6 heteroatoms. The molecule has 0 heterocycles. The van der Waals surface area contributed by atoms with Crippen molar-refractivity contribution in [3.63, 3.8) is 0 Å². The second-order valence-corrected chi connectivity index (χ2v) is 4.96. The van der Waals surface area contributed by atoms with E-state index in [9.17, 15) is 19.1 Å². The summed E-state index contributed by atoms with van der Waals surface area (Å²) in [5.74, 6) is -1.83. The molecule has 1 amide bonds. The highest BCUT2D eigenvalue weighted by atomic mass is 19.1. The van der Waals surface area contributed by atoms with Crippen LogP contribution in [0.2, 0.25) is 0 Å². The maximum atomic E-state index is 13.1. The van der Waals surface area contributed by atoms with Crippen LogP contribution < -0.4 is 10.6 Å². The van der Waals surface area contributed by atoms with Gasteiger partial charge in [0.25, 0.3) is 0 Å². The summed E-state index contributed by atoms with van der Waals surface area (Å²) < 4.78 is 13.1. The predicted molar refractivity (Wildman–Crippen MR) is 78.7 cm³/mol. The van der Waals surface area contributed by atoms with Gasteiger partial charge < -0.3 is 10.4 Å². The predicted octanol–water partition coefficient (Wildman–Crippen LogP) is 2.31. The van der Waals surface area contributed by atoms with E-state index in [1.807, 2.05) is 0 Å². The number of aliphatic carboxylic acids is 1. The summed E-state index contributed by atoms with van der Waals surface area (Å²) in [6.07, 6.45) is 0.732. The van der Waals surface area contributed by atoms with Gasteiger partial charge in [0, 0.05) is 5.69 Å². The fourth-order valence-corrected chi connectivity index (χ4v) is 2.05. The highest BCUT2D eigenvalue weighted by Crippen LogP contribution is 2.17. The topological polar surface area (TPSA) is 78.4 Å². The van der Waals surface area contributed by atoms with E-state index in [0.29, 0.717) is 18.5 Å². The van der Waals surface area contributed by atoms with Crippen molar-refractivity contribution in [1.29, 1.82) is 0 Å². The van der Waals surface area contributed by atoms with Gasteiger partial charge >= 0.3 is 5.97 Å². The molecular weight excluding hydrogens is 275 g/mol. The monoisotopic (exact) mass is 296 g/mol. The van der Waals surface area contributed by atoms with Crippen molar-refractivity contribution in [2.45, 2.75) is 39.2 Å². The third kappa shape index (κ3) is 4.26. The van der Waals surface area contributed by atoms with Gasteiger partial charge in [-0.2, -0.15) is 0 Å². The fraction of sp³-hybridized carbons (Fsp3) is 0.467. The van der Waals surface area contributed by atoms with E-state index in [-0.39, 0.29) is 6.54 Å². The number of anilines is 1. The van der Waals surface area contributed by atoms with Crippen molar-refractivity contribution in [2.24, 2.45) is 0 Å². The van der Waals surface area contributed by atoms with Crippen LogP contribution >= 0.6 is 0 Å². The Morgan fingerprint density at radius 2 is 1.90 bits per heavy atom. The third-order valence-corrected chi connectivity index (χ3v) is 3.68. The lowest BCUT2D eigenvalue weighted by atomic mass is 9.93. The van der Waals surface area contributed by atoms with Gasteiger partial charge in [-0.25, -0.2) is 4.39 Å². The first-order valence-electron chi connectivity index (χ1n) is 6.89. The zero-order chi connectivity index (χ0) is 16.0. The Morgan fingerprint density at radius 1 is 1.29 bits per heavy atom. The van der Waals surface area contributed by atoms with Crippen molar-refractivity contribution in [1.82, 2.24) is 5.32 Å². The van der Waals surface area contributed by atoms with Crippen LogP contribution in [0.15, 0.2) is 18.2 Å². The Morgan fingerprint density at radius 3 is 2.43 bits per heavy atom. The summed E-state index contributed by atoms with van der Waals surface area (Å²) in [7, 11) is 0. The summed E-state index contributed by atoms with van der Waals surface area (Å²) in [5.41, 5.74) is 0.00451. The van der Waals surface area contributed by atoms with Crippen LogP contribution in [0.1, 0.15) is 32.3 Å². The molecular formula is C15H21FN2O3. The van der Waals surface area contributed by atoms with Gasteiger partial charge in [-0.15, -0.1) is 0 Å². The number of benzene rings is 1. The number of carboxylic acids is 1. The van der Waals surface area contributed by atoms with Crippen molar-refractivity contribution in [3.8, 4) is 0 Å². The van der Waals surface area contributed by atoms with E-state index in [0.717, 1.165) is 5.56 Å². The van der Waals surface area contributed by atoms with E-state index >= 15 is 0 Å². The van der Waals surface area contributed by atoms with Crippen LogP contribution in [0.4, 0.5) is 10.1 Å². The van der Waals surface area contributed by atoms with Crippen LogP contribution in [-0.4, -0.2) is 29.1 Å². The summed E-state index contributed by atoms with van der Waals surface area (Å²) in [4.78, 5) is 23.2. The molecule has 0 aliphatic rings. The molecule has 1 rings (SSSR count). The highest BCUT2D eigenvalue weighted by Gasteiger charge is 2.34. The smallest absolute Gasteiger partial charge is 0.323 e. The number of carbonyl (C=O) groups is 2. The third-order valence-electron chi connectivity index (χ3n) is 3.68. The molecule has 0 fully saturated rings. The maximum absolute atomic E-state index is 13.1. The van der Waals surface area contributed by atoms with Crippen LogP contribution in [0.5, 0.6) is 0 Å². The van der Waals surface area contributed by atoms with E-state index in [1.165, 1.54) is 12.1 Å². The molecule has 0 saturated carbocycles. The number of hydrogen-bond donors (Lipinski definition) is 3. The van der Waals surface area contributed by atoms with Gasteiger partial charge in [0.1, 0.15) is 11.4 Å². The zero-order valence-corrected chi connectivity index (χ0v) is 12.5. The van der Waals surface area contributed by atoms with Crippen molar-refractivity contribution < 1.29 is 19.1 Å². The minimum atomic E-state index is -1.12. The van der Waals surface area contributed by atoms with E-state index < -0.39 is 23.2 Å². The van der Waals surface area contributed by atoms with E-state index in [1.54, 1.807) is 26.8 Å². The molecule has 21 heavy (non-hydrogen) atoms. The fourth-order valence-electron chi connectivity index (χ4n) is 2.05. The Hall–Kier alpha value is -1.95. The summed E-state index contributed by atoms with van der Waals surface area (Å²) in [6, 6.07) is 4.11. The second kappa shape index (κ2) is 7.17. The van der Waals surface area contributed by atoms with Crippen LogP contribution in [0.25, 0.3) is 0 Å². The Balaban J connectivity index is 2.70. The molecule has 0 aliphatic heterocycles. The Bertz CT molecular complexity index is 528. The van der Waals surface area contributed by atoms with Gasteiger partial charge in [0.2, 0.25) is 5.91 Å². The first kappa shape index (κ1) is 17.1. The van der Waals surface area contributed by atoms with Crippen molar-refractivity contribution in [2.75, 3.05) is 11.9 Å². The van der Waals surface area contributed by atoms with Gasteiger partial charge in [-0.3, -0.25) is 14.9 Å². The largest absolute Gasteiger partial charge is 0.480 e. The summed E-state index contributed by atoms with van der Waals surface area (Å²) in [6.45, 7) is 5.10. The molecule has 1 aromatic carbocycles. The molecule has 0 radical (unpaired) electrons. The first-order chi connectivity index (χ1) is 9.84. The lowest BCUT2D eigenvalue weighted by Crippen LogP contribution is -2.53. The Labute approximate surface area is 123 Å². The minimum absolute atomic E-state index is 0.149. The lowest BCUT2D eigenvalue weighted by molar-refractivity contribution is -0.145. The van der Waals surface area contributed by atoms with E-state index in [4.69, 9.17) is 0 Å². The molecule has 0 aliphatic carbocycles. The number of carboxylic acid groups (broad SMARTS) is 1. The van der Waals surface area contributed by atoms with Gasteiger partial charge in [0.15, 0.2) is 0 Å². The number of amides is 1. The standard InChI is InChI=1S/C15H21FN2O3/c1-4-15(5-2,14(20)21)17-9-13(19)18-12-8-11(16)7-6-10(12)3/h6-8,17H,4-5,9H2,1-3H3,(H,18,19)(H,20,21). The average Bonchev–Trinajstić information content (AvgIpc) is 2.44. The molecule has 0 saturated heterocycles. The SMILES string of the molecule is CCC(CC)(NCC(=O)Nc1cc(F)ccc1C)C(=O)O. The first-order valence-corrected chi connectivity index (χ1v) is 6.89. The molecule has 0 aromatic heterocycles. The number of rotatable bonds is 7. The number of aryl methyl sites for hydroxylation is 1. The molecule has 0 atom stereocenters. The Kier molecular flexibility index (Phi) is 5.84. The number of carbonyl (C=O) groups excluding carboxylic acids is 1. The second-order valence-electron chi connectivity index (χ2n) is 4.96. The maximum Gasteiger partial charge on any atom is 0.323 e. The van der Waals surface area contributed by atoms with Gasteiger partial charge in [-0.1, -0.05) is 19.9 Å². The quantitative estimate of drug-likeness (QED) is 0.721. The average molecular weight is 296 g/mol. The molecule has 1 aromatic rings. The normalized spacial score (nSPS) is 11.2. The molecule has 0 unspecified atom stereocenters. The lowest BCUT2D eigenvalue weighted by Gasteiger charge is -2.27. The van der Waals surface area contributed by atoms with Gasteiger partial charge in [0.05, 0.1) is 6.54 Å². The number of hydrogen-bond acceptors (Lipinski definition) is 3. The van der Waals surface area contributed by atoms with E-state index in [2.05, 4.69) is 10.6 Å². The van der Waals surface area contributed by atoms with Crippen LogP contribution in [0, 0.1) is 12.7 Å². The number of halogens is 1. The molecule has 0 bridgehead atoms. The highest BCUT2D eigenvalue weighted by molar-refractivity contribution is 5.93. The van der Waals surface area contributed by atoms with Crippen molar-refractivity contribution >= 4 is 17.6 Å². The van der Waals surface area contributed by atoms with Crippen molar-refractivity contribution in [3.05, 3.63) is 29.6 Å². The molecule has 0 spiro atoms.